The molecule has 1 saturated carbocycles. The van der Waals surface area contributed by atoms with E-state index in [1.54, 1.807) is 20.8 Å². The topological polar surface area (TPSA) is 72.5 Å². The first-order valence-electron chi connectivity index (χ1n) is 7.78. The van der Waals surface area contributed by atoms with E-state index >= 15 is 0 Å². The highest BCUT2D eigenvalue weighted by Gasteiger charge is 2.29. The molecule has 0 bridgehead atoms. The molecule has 0 aromatic carbocycles. The molecule has 1 N–H and O–H groups in total. The highest BCUT2D eigenvalue weighted by Crippen LogP contribution is 2.28. The predicted molar refractivity (Wildman–Crippen MR) is 83.9 cm³/mol. The molecular formula is C15H29NO4S. The van der Waals surface area contributed by atoms with Crippen molar-refractivity contribution in [1.82, 2.24) is 5.32 Å². The molecule has 0 aliphatic heterocycles. The Labute approximate surface area is 128 Å². The number of sulfone groups is 1. The van der Waals surface area contributed by atoms with Gasteiger partial charge in [-0.3, -0.25) is 4.79 Å². The lowest BCUT2D eigenvalue weighted by atomic mass is 10.0. The highest BCUT2D eigenvalue weighted by molar-refractivity contribution is 7.92. The van der Waals surface area contributed by atoms with Gasteiger partial charge >= 0.3 is 5.97 Å². The van der Waals surface area contributed by atoms with Crippen molar-refractivity contribution < 1.29 is 17.9 Å². The lowest BCUT2D eigenvalue weighted by Gasteiger charge is -2.21. The predicted octanol–water partition coefficient (Wildman–Crippen LogP) is 1.91. The quantitative estimate of drug-likeness (QED) is 0.726. The molecule has 0 aromatic rings. The van der Waals surface area contributed by atoms with Crippen molar-refractivity contribution in [2.24, 2.45) is 5.92 Å². The monoisotopic (exact) mass is 319 g/mol. The van der Waals surface area contributed by atoms with Gasteiger partial charge in [0.05, 0.1) is 5.75 Å². The summed E-state index contributed by atoms with van der Waals surface area (Å²) >= 11 is 0. The van der Waals surface area contributed by atoms with Gasteiger partial charge in [0.25, 0.3) is 0 Å². The molecule has 0 saturated heterocycles. The van der Waals surface area contributed by atoms with Crippen molar-refractivity contribution in [2.45, 2.75) is 65.0 Å². The Bertz CT molecular complexity index is 439. The normalized spacial score (nSPS) is 23.2. The largest absolute Gasteiger partial charge is 0.459 e. The highest BCUT2D eigenvalue weighted by atomic mass is 32.2. The SMILES string of the molecule is CCNC1CCCC1CCS(=O)(=O)CC(=O)OC(C)(C)C. The lowest BCUT2D eigenvalue weighted by molar-refractivity contribution is -0.151. The fourth-order valence-corrected chi connectivity index (χ4v) is 4.09. The fourth-order valence-electron chi connectivity index (χ4n) is 2.87. The molecular weight excluding hydrogens is 290 g/mol. The van der Waals surface area contributed by atoms with Crippen molar-refractivity contribution in [3.63, 3.8) is 0 Å². The third-order valence-corrected chi connectivity index (χ3v) is 5.22. The van der Waals surface area contributed by atoms with E-state index in [0.29, 0.717) is 18.4 Å². The first-order chi connectivity index (χ1) is 9.63. The van der Waals surface area contributed by atoms with Crippen molar-refractivity contribution in [3.8, 4) is 0 Å². The smallest absolute Gasteiger partial charge is 0.321 e. The summed E-state index contributed by atoms with van der Waals surface area (Å²) in [6.45, 7) is 8.17. The molecule has 0 spiro atoms. The molecule has 1 aliphatic carbocycles. The summed E-state index contributed by atoms with van der Waals surface area (Å²) in [5.74, 6) is -0.697. The van der Waals surface area contributed by atoms with Crippen LogP contribution >= 0.6 is 0 Å². The summed E-state index contributed by atoms with van der Waals surface area (Å²) in [7, 11) is -3.38. The molecule has 0 amide bonds. The Hall–Kier alpha value is -0.620. The number of esters is 1. The fraction of sp³-hybridized carbons (Fsp3) is 0.933. The van der Waals surface area contributed by atoms with Gasteiger partial charge in [-0.1, -0.05) is 13.3 Å². The molecule has 1 fully saturated rings. The van der Waals surface area contributed by atoms with Gasteiger partial charge in [0.1, 0.15) is 11.4 Å². The van der Waals surface area contributed by atoms with Crippen molar-refractivity contribution in [2.75, 3.05) is 18.1 Å². The first kappa shape index (κ1) is 18.4. The first-order valence-corrected chi connectivity index (χ1v) is 9.61. The summed E-state index contributed by atoms with van der Waals surface area (Å²) in [6.07, 6.45) is 3.96. The van der Waals surface area contributed by atoms with E-state index in [9.17, 15) is 13.2 Å². The van der Waals surface area contributed by atoms with Gasteiger partial charge in [-0.2, -0.15) is 0 Å². The van der Waals surface area contributed by atoms with Crippen LogP contribution in [0.5, 0.6) is 0 Å². The Kier molecular flexibility index (Phi) is 6.66. The Morgan fingerprint density at radius 3 is 2.52 bits per heavy atom. The van der Waals surface area contributed by atoms with Gasteiger partial charge in [-0.15, -0.1) is 0 Å². The second-order valence-electron chi connectivity index (χ2n) is 6.82. The number of carbonyl (C=O) groups is 1. The molecule has 1 rings (SSSR count). The van der Waals surface area contributed by atoms with Crippen molar-refractivity contribution in [1.29, 1.82) is 0 Å². The maximum absolute atomic E-state index is 12.0. The number of hydrogen-bond donors (Lipinski definition) is 1. The van der Waals surface area contributed by atoms with Crippen LogP contribution in [0.1, 0.15) is 53.4 Å². The third-order valence-electron chi connectivity index (χ3n) is 3.68. The van der Waals surface area contributed by atoms with Gasteiger partial charge in [0.2, 0.25) is 0 Å². The summed E-state index contributed by atoms with van der Waals surface area (Å²) in [5, 5.41) is 3.42. The minimum Gasteiger partial charge on any atom is -0.459 e. The van der Waals surface area contributed by atoms with Crippen LogP contribution in [0.25, 0.3) is 0 Å². The van der Waals surface area contributed by atoms with E-state index < -0.39 is 27.2 Å². The number of rotatable bonds is 7. The molecule has 0 radical (unpaired) electrons. The number of ether oxygens (including phenoxy) is 1. The molecule has 0 aromatic heterocycles. The molecule has 0 heterocycles. The standard InChI is InChI=1S/C15H29NO4S/c1-5-16-13-8-6-7-12(13)9-10-21(18,19)11-14(17)20-15(2,3)4/h12-13,16H,5-11H2,1-4H3. The summed E-state index contributed by atoms with van der Waals surface area (Å²) in [6, 6.07) is 0.423. The zero-order chi connectivity index (χ0) is 16.1. The Morgan fingerprint density at radius 2 is 1.95 bits per heavy atom. The Morgan fingerprint density at radius 1 is 1.29 bits per heavy atom. The lowest BCUT2D eigenvalue weighted by Crippen LogP contribution is -2.34. The van der Waals surface area contributed by atoms with E-state index in [2.05, 4.69) is 12.2 Å². The molecule has 124 valence electrons. The van der Waals surface area contributed by atoms with Crippen LogP contribution in [0, 0.1) is 5.92 Å². The minimum absolute atomic E-state index is 0.0683. The number of nitrogens with one attached hydrogen (secondary N) is 1. The third kappa shape index (κ3) is 7.27. The van der Waals surface area contributed by atoms with Crippen molar-refractivity contribution in [3.05, 3.63) is 0 Å². The maximum Gasteiger partial charge on any atom is 0.321 e. The van der Waals surface area contributed by atoms with Crippen LogP contribution < -0.4 is 5.32 Å². The molecule has 5 nitrogen and oxygen atoms in total. The van der Waals surface area contributed by atoms with E-state index in [1.165, 1.54) is 0 Å². The molecule has 2 unspecified atom stereocenters. The summed E-state index contributed by atoms with van der Waals surface area (Å²) < 4.78 is 29.1. The van der Waals surface area contributed by atoms with Gasteiger partial charge in [0.15, 0.2) is 9.84 Å². The molecule has 6 heteroatoms. The van der Waals surface area contributed by atoms with E-state index in [1.807, 2.05) is 0 Å². The van der Waals surface area contributed by atoms with Crippen LogP contribution in [-0.2, 0) is 19.4 Å². The van der Waals surface area contributed by atoms with Crippen LogP contribution in [0.15, 0.2) is 0 Å². The number of hydrogen-bond acceptors (Lipinski definition) is 5. The number of carbonyl (C=O) groups excluding carboxylic acids is 1. The maximum atomic E-state index is 12.0. The van der Waals surface area contributed by atoms with Crippen molar-refractivity contribution >= 4 is 15.8 Å². The van der Waals surface area contributed by atoms with Gasteiger partial charge < -0.3 is 10.1 Å². The minimum atomic E-state index is -3.38. The van der Waals surface area contributed by atoms with Gasteiger partial charge in [-0.25, -0.2) is 8.42 Å². The van der Waals surface area contributed by atoms with Crippen LogP contribution in [0.3, 0.4) is 0 Å². The van der Waals surface area contributed by atoms with Crippen LogP contribution in [0.4, 0.5) is 0 Å². The van der Waals surface area contributed by atoms with E-state index in [0.717, 1.165) is 25.8 Å². The van der Waals surface area contributed by atoms with Gasteiger partial charge in [0, 0.05) is 6.04 Å². The average molecular weight is 319 g/mol. The summed E-state index contributed by atoms with van der Waals surface area (Å²) in [5.41, 5.74) is -0.645. The van der Waals surface area contributed by atoms with E-state index in [4.69, 9.17) is 4.74 Å². The molecule has 2 atom stereocenters. The second kappa shape index (κ2) is 7.58. The second-order valence-corrected chi connectivity index (χ2v) is 9.01. The molecule has 21 heavy (non-hydrogen) atoms. The zero-order valence-corrected chi connectivity index (χ0v) is 14.5. The zero-order valence-electron chi connectivity index (χ0n) is 13.6. The molecule has 1 aliphatic rings. The summed E-state index contributed by atoms with van der Waals surface area (Å²) in [4.78, 5) is 11.6. The average Bonchev–Trinajstić information content (AvgIpc) is 2.71. The van der Waals surface area contributed by atoms with Gasteiger partial charge in [-0.05, 0) is 52.5 Å². The Balaban J connectivity index is 2.44. The van der Waals surface area contributed by atoms with E-state index in [-0.39, 0.29) is 5.75 Å². The van der Waals surface area contributed by atoms with Crippen LogP contribution in [-0.4, -0.2) is 44.1 Å². The van der Waals surface area contributed by atoms with Crippen LogP contribution in [0.2, 0.25) is 0 Å².